The highest BCUT2D eigenvalue weighted by Gasteiger charge is 2.42. The molecule has 2 bridgehead atoms. The smallest absolute Gasteiger partial charge is 0.234 e. The maximum Gasteiger partial charge on any atom is 0.234 e. The van der Waals surface area contributed by atoms with E-state index in [4.69, 9.17) is 0 Å². The summed E-state index contributed by atoms with van der Waals surface area (Å²) < 4.78 is 0. The second-order valence-electron chi connectivity index (χ2n) is 7.27. The van der Waals surface area contributed by atoms with Gasteiger partial charge in [-0.05, 0) is 51.0 Å². The molecular formula is C16H29N3O. The number of carbonyl (C=O) groups excluding carboxylic acids is 1. The topological polar surface area (TPSA) is 35.6 Å². The van der Waals surface area contributed by atoms with Crippen LogP contribution in [0.5, 0.6) is 0 Å². The highest BCUT2D eigenvalue weighted by Crippen LogP contribution is 2.49. The van der Waals surface area contributed by atoms with Crippen molar-refractivity contribution in [1.82, 2.24) is 15.1 Å². The Balaban J connectivity index is 1.42. The zero-order valence-corrected chi connectivity index (χ0v) is 13.0. The first-order valence-corrected chi connectivity index (χ1v) is 8.32. The van der Waals surface area contributed by atoms with E-state index in [1.54, 1.807) is 0 Å². The molecule has 1 aliphatic heterocycles. The summed E-state index contributed by atoms with van der Waals surface area (Å²) in [6.45, 7) is 7.00. The maximum absolute atomic E-state index is 12.2. The van der Waals surface area contributed by atoms with Crippen LogP contribution < -0.4 is 5.32 Å². The van der Waals surface area contributed by atoms with E-state index >= 15 is 0 Å². The van der Waals surface area contributed by atoms with E-state index in [-0.39, 0.29) is 5.91 Å². The molecule has 114 valence electrons. The quantitative estimate of drug-likeness (QED) is 0.839. The molecule has 0 radical (unpaired) electrons. The number of fused-ring (bicyclic) bond motifs is 2. The van der Waals surface area contributed by atoms with Crippen LogP contribution in [-0.2, 0) is 4.79 Å². The largest absolute Gasteiger partial charge is 0.352 e. The normalized spacial score (nSPS) is 36.2. The summed E-state index contributed by atoms with van der Waals surface area (Å²) in [5.74, 6) is 2.82. The van der Waals surface area contributed by atoms with Gasteiger partial charge < -0.3 is 10.2 Å². The Labute approximate surface area is 122 Å². The van der Waals surface area contributed by atoms with E-state index in [0.29, 0.717) is 12.6 Å². The number of carbonyl (C=O) groups is 1. The van der Waals surface area contributed by atoms with E-state index in [2.05, 4.69) is 29.1 Å². The monoisotopic (exact) mass is 279 g/mol. The summed E-state index contributed by atoms with van der Waals surface area (Å²) in [6.07, 6.45) is 5.60. The standard InChI is InChI=1S/C16H29N3O/c1-12(15-10-13-3-4-14(15)9-13)17-16(20)11-19-7-5-18(2)6-8-19/h12-15H,3-11H2,1-2H3,(H,17,20)/t12-,13-,14-,15+/m0/s1. The van der Waals surface area contributed by atoms with Gasteiger partial charge in [-0.3, -0.25) is 9.69 Å². The molecule has 4 heteroatoms. The van der Waals surface area contributed by atoms with E-state index < -0.39 is 0 Å². The van der Waals surface area contributed by atoms with Crippen LogP contribution in [0.4, 0.5) is 0 Å². The molecule has 1 heterocycles. The Hall–Kier alpha value is -0.610. The zero-order chi connectivity index (χ0) is 14.1. The lowest BCUT2D eigenvalue weighted by Gasteiger charge is -2.33. The predicted octanol–water partition coefficient (Wildman–Crippen LogP) is 1.17. The van der Waals surface area contributed by atoms with Crippen LogP contribution in [0, 0.1) is 17.8 Å². The van der Waals surface area contributed by atoms with Gasteiger partial charge in [0.25, 0.3) is 0 Å². The molecule has 0 aromatic rings. The number of hydrogen-bond donors (Lipinski definition) is 1. The van der Waals surface area contributed by atoms with Crippen LogP contribution >= 0.6 is 0 Å². The lowest BCUT2D eigenvalue weighted by Crippen LogP contribution is -2.50. The van der Waals surface area contributed by atoms with Crippen molar-refractivity contribution in [3.8, 4) is 0 Å². The molecule has 2 saturated carbocycles. The van der Waals surface area contributed by atoms with E-state index in [9.17, 15) is 4.79 Å². The van der Waals surface area contributed by atoms with Gasteiger partial charge >= 0.3 is 0 Å². The minimum Gasteiger partial charge on any atom is -0.352 e. The average molecular weight is 279 g/mol. The maximum atomic E-state index is 12.2. The minimum atomic E-state index is 0.227. The Kier molecular flexibility index (Phi) is 4.32. The first kappa shape index (κ1) is 14.3. The number of piperazine rings is 1. The molecule has 1 amide bonds. The first-order chi connectivity index (χ1) is 9.61. The molecule has 0 spiro atoms. The molecule has 2 aliphatic carbocycles. The van der Waals surface area contributed by atoms with Crippen molar-refractivity contribution in [3.63, 3.8) is 0 Å². The molecule has 0 aromatic carbocycles. The van der Waals surface area contributed by atoms with Crippen LogP contribution in [0.2, 0.25) is 0 Å². The Bertz CT molecular complexity index is 352. The summed E-state index contributed by atoms with van der Waals surface area (Å²) in [4.78, 5) is 16.8. The highest BCUT2D eigenvalue weighted by atomic mass is 16.2. The SMILES string of the molecule is C[C@H](NC(=O)CN1CCN(C)CC1)[C@H]1C[C@H]2CC[C@H]1C2. The molecule has 1 N–H and O–H groups in total. The third-order valence-electron chi connectivity index (χ3n) is 5.79. The van der Waals surface area contributed by atoms with Crippen molar-refractivity contribution in [3.05, 3.63) is 0 Å². The van der Waals surface area contributed by atoms with Crippen molar-refractivity contribution in [2.75, 3.05) is 39.8 Å². The van der Waals surface area contributed by atoms with Gasteiger partial charge in [0, 0.05) is 32.2 Å². The molecule has 4 atom stereocenters. The summed E-state index contributed by atoms with van der Waals surface area (Å²) >= 11 is 0. The molecule has 20 heavy (non-hydrogen) atoms. The summed E-state index contributed by atoms with van der Waals surface area (Å²) in [7, 11) is 2.15. The number of nitrogens with one attached hydrogen (secondary N) is 1. The number of amides is 1. The number of nitrogens with zero attached hydrogens (tertiary/aromatic N) is 2. The lowest BCUT2D eigenvalue weighted by atomic mass is 9.84. The second-order valence-corrected chi connectivity index (χ2v) is 7.27. The second kappa shape index (κ2) is 6.02. The predicted molar refractivity (Wildman–Crippen MR) is 80.5 cm³/mol. The van der Waals surface area contributed by atoms with E-state index in [1.165, 1.54) is 25.7 Å². The van der Waals surface area contributed by atoms with Gasteiger partial charge in [-0.2, -0.15) is 0 Å². The summed E-state index contributed by atoms with van der Waals surface area (Å²) in [5.41, 5.74) is 0. The number of rotatable bonds is 4. The van der Waals surface area contributed by atoms with E-state index in [0.717, 1.165) is 43.9 Å². The van der Waals surface area contributed by atoms with Crippen molar-refractivity contribution < 1.29 is 4.79 Å². The molecule has 3 fully saturated rings. The van der Waals surface area contributed by atoms with Crippen LogP contribution in [0.15, 0.2) is 0 Å². The Morgan fingerprint density at radius 2 is 1.95 bits per heavy atom. The molecule has 3 rings (SSSR count). The fourth-order valence-electron chi connectivity index (χ4n) is 4.52. The zero-order valence-electron chi connectivity index (χ0n) is 13.0. The molecule has 0 unspecified atom stereocenters. The molecule has 3 aliphatic rings. The number of likely N-dealkylation sites (N-methyl/N-ethyl adjacent to an activating group) is 1. The van der Waals surface area contributed by atoms with Gasteiger partial charge in [0.2, 0.25) is 5.91 Å². The molecule has 1 saturated heterocycles. The van der Waals surface area contributed by atoms with Crippen LogP contribution in [-0.4, -0.2) is 61.5 Å². The summed E-state index contributed by atoms with van der Waals surface area (Å²) in [5, 5.41) is 3.27. The third kappa shape index (κ3) is 3.17. The van der Waals surface area contributed by atoms with Crippen molar-refractivity contribution >= 4 is 5.91 Å². The van der Waals surface area contributed by atoms with Crippen LogP contribution in [0.1, 0.15) is 32.6 Å². The Morgan fingerprint density at radius 1 is 1.20 bits per heavy atom. The van der Waals surface area contributed by atoms with Crippen molar-refractivity contribution in [1.29, 1.82) is 0 Å². The van der Waals surface area contributed by atoms with Gasteiger partial charge in [-0.15, -0.1) is 0 Å². The van der Waals surface area contributed by atoms with Crippen LogP contribution in [0.25, 0.3) is 0 Å². The van der Waals surface area contributed by atoms with Gasteiger partial charge in [0.1, 0.15) is 0 Å². The van der Waals surface area contributed by atoms with Gasteiger partial charge in [-0.1, -0.05) is 6.42 Å². The van der Waals surface area contributed by atoms with Gasteiger partial charge in [-0.25, -0.2) is 0 Å². The minimum absolute atomic E-state index is 0.227. The molecule has 4 nitrogen and oxygen atoms in total. The van der Waals surface area contributed by atoms with Crippen molar-refractivity contribution in [2.24, 2.45) is 17.8 Å². The fraction of sp³-hybridized carbons (Fsp3) is 0.938. The van der Waals surface area contributed by atoms with E-state index in [1.807, 2.05) is 0 Å². The molecular weight excluding hydrogens is 250 g/mol. The van der Waals surface area contributed by atoms with Crippen LogP contribution in [0.3, 0.4) is 0 Å². The lowest BCUT2D eigenvalue weighted by molar-refractivity contribution is -0.123. The molecule has 0 aromatic heterocycles. The summed E-state index contributed by atoms with van der Waals surface area (Å²) in [6, 6.07) is 0.366. The van der Waals surface area contributed by atoms with Gasteiger partial charge in [0.05, 0.1) is 6.54 Å². The van der Waals surface area contributed by atoms with Gasteiger partial charge in [0.15, 0.2) is 0 Å². The fourth-order valence-corrected chi connectivity index (χ4v) is 4.52. The average Bonchev–Trinajstić information content (AvgIpc) is 3.03. The first-order valence-electron chi connectivity index (χ1n) is 8.32. The van der Waals surface area contributed by atoms with Crippen molar-refractivity contribution in [2.45, 2.75) is 38.6 Å². The Morgan fingerprint density at radius 3 is 2.55 bits per heavy atom. The number of hydrogen-bond acceptors (Lipinski definition) is 3. The highest BCUT2D eigenvalue weighted by molar-refractivity contribution is 5.78. The third-order valence-corrected chi connectivity index (χ3v) is 5.79.